The van der Waals surface area contributed by atoms with E-state index in [1.165, 1.54) is 7.11 Å². The van der Waals surface area contributed by atoms with Crippen LogP contribution in [-0.2, 0) is 4.74 Å². The van der Waals surface area contributed by atoms with Crippen molar-refractivity contribution >= 4 is 34.8 Å². The predicted octanol–water partition coefficient (Wildman–Crippen LogP) is 2.46. The van der Waals surface area contributed by atoms with Gasteiger partial charge in [0.2, 0.25) is 5.95 Å². The number of imidazole rings is 1. The standard InChI is InChI=1S/C10H11N3O2S/c1-15-10(14)13-9-11-7-4-3-6(16-2)5-8(7)12-9/h3-5H,1-2H3,(H2,11,12,13,14). The summed E-state index contributed by atoms with van der Waals surface area (Å²) in [5.41, 5.74) is 1.70. The minimum absolute atomic E-state index is 0.389. The van der Waals surface area contributed by atoms with Crippen LogP contribution in [0.1, 0.15) is 0 Å². The molecule has 0 saturated heterocycles. The van der Waals surface area contributed by atoms with Gasteiger partial charge in [-0.05, 0) is 24.5 Å². The van der Waals surface area contributed by atoms with Gasteiger partial charge in [-0.1, -0.05) is 0 Å². The molecule has 0 bridgehead atoms. The van der Waals surface area contributed by atoms with Crippen LogP contribution in [0.5, 0.6) is 0 Å². The van der Waals surface area contributed by atoms with E-state index in [9.17, 15) is 4.79 Å². The molecule has 0 aliphatic carbocycles. The third-order valence-electron chi connectivity index (χ3n) is 2.10. The van der Waals surface area contributed by atoms with Crippen molar-refractivity contribution in [3.05, 3.63) is 18.2 Å². The molecule has 1 amide bonds. The quantitative estimate of drug-likeness (QED) is 0.787. The van der Waals surface area contributed by atoms with Crippen molar-refractivity contribution in [1.82, 2.24) is 9.97 Å². The number of rotatable bonds is 2. The molecule has 0 spiro atoms. The molecule has 0 aliphatic heterocycles. The lowest BCUT2D eigenvalue weighted by atomic mass is 10.3. The van der Waals surface area contributed by atoms with E-state index in [1.807, 2.05) is 24.5 Å². The first kappa shape index (κ1) is 10.8. The second-order valence-electron chi connectivity index (χ2n) is 3.09. The van der Waals surface area contributed by atoms with Crippen molar-refractivity contribution in [3.63, 3.8) is 0 Å². The van der Waals surface area contributed by atoms with Crippen molar-refractivity contribution in [3.8, 4) is 0 Å². The maximum absolute atomic E-state index is 11.0. The lowest BCUT2D eigenvalue weighted by Gasteiger charge is -1.96. The van der Waals surface area contributed by atoms with Crippen LogP contribution in [0.2, 0.25) is 0 Å². The van der Waals surface area contributed by atoms with Crippen LogP contribution < -0.4 is 5.32 Å². The molecule has 5 nitrogen and oxygen atoms in total. The van der Waals surface area contributed by atoms with E-state index in [2.05, 4.69) is 20.0 Å². The minimum atomic E-state index is -0.538. The number of aromatic amines is 1. The molecular weight excluding hydrogens is 226 g/mol. The first-order chi connectivity index (χ1) is 7.72. The maximum Gasteiger partial charge on any atom is 0.413 e. The van der Waals surface area contributed by atoms with Crippen LogP contribution in [0.15, 0.2) is 23.1 Å². The second-order valence-corrected chi connectivity index (χ2v) is 3.96. The number of aromatic nitrogens is 2. The van der Waals surface area contributed by atoms with Crippen molar-refractivity contribution < 1.29 is 9.53 Å². The molecular formula is C10H11N3O2S. The number of anilines is 1. The summed E-state index contributed by atoms with van der Waals surface area (Å²) < 4.78 is 4.48. The summed E-state index contributed by atoms with van der Waals surface area (Å²) in [4.78, 5) is 19.3. The maximum atomic E-state index is 11.0. The molecule has 1 aromatic carbocycles. The summed E-state index contributed by atoms with van der Waals surface area (Å²) in [6, 6.07) is 5.88. The van der Waals surface area contributed by atoms with E-state index in [0.717, 1.165) is 15.9 Å². The lowest BCUT2D eigenvalue weighted by Crippen LogP contribution is -2.11. The highest BCUT2D eigenvalue weighted by Gasteiger charge is 2.06. The van der Waals surface area contributed by atoms with Crippen molar-refractivity contribution in [2.75, 3.05) is 18.7 Å². The summed E-state index contributed by atoms with van der Waals surface area (Å²) in [6.45, 7) is 0. The number of carbonyl (C=O) groups is 1. The molecule has 1 heterocycles. The van der Waals surface area contributed by atoms with Crippen LogP contribution in [-0.4, -0.2) is 29.4 Å². The van der Waals surface area contributed by atoms with Gasteiger partial charge in [-0.15, -0.1) is 11.8 Å². The molecule has 0 fully saturated rings. The highest BCUT2D eigenvalue weighted by Crippen LogP contribution is 2.21. The Bertz CT molecular complexity index is 524. The molecule has 0 aliphatic rings. The zero-order chi connectivity index (χ0) is 11.5. The van der Waals surface area contributed by atoms with E-state index in [0.29, 0.717) is 5.95 Å². The molecule has 0 unspecified atom stereocenters. The Labute approximate surface area is 96.6 Å². The molecule has 84 valence electrons. The molecule has 1 aromatic heterocycles. The predicted molar refractivity (Wildman–Crippen MR) is 63.9 cm³/mol. The van der Waals surface area contributed by atoms with Gasteiger partial charge >= 0.3 is 6.09 Å². The molecule has 0 radical (unpaired) electrons. The number of thioether (sulfide) groups is 1. The lowest BCUT2D eigenvalue weighted by molar-refractivity contribution is 0.186. The largest absolute Gasteiger partial charge is 0.453 e. The van der Waals surface area contributed by atoms with E-state index in [1.54, 1.807) is 11.8 Å². The first-order valence-electron chi connectivity index (χ1n) is 4.61. The normalized spacial score (nSPS) is 10.4. The Morgan fingerprint density at radius 3 is 3.06 bits per heavy atom. The molecule has 0 saturated carbocycles. The Kier molecular flexibility index (Phi) is 3.00. The number of hydrogen-bond acceptors (Lipinski definition) is 4. The van der Waals surface area contributed by atoms with Crippen molar-refractivity contribution in [2.24, 2.45) is 0 Å². The Hall–Kier alpha value is -1.69. The zero-order valence-corrected chi connectivity index (χ0v) is 9.72. The molecule has 2 aromatic rings. The minimum Gasteiger partial charge on any atom is -0.453 e. The first-order valence-corrected chi connectivity index (χ1v) is 5.84. The zero-order valence-electron chi connectivity index (χ0n) is 8.90. The number of methoxy groups -OCH3 is 1. The molecule has 2 N–H and O–H groups in total. The van der Waals surface area contributed by atoms with Crippen LogP contribution >= 0.6 is 11.8 Å². The van der Waals surface area contributed by atoms with Gasteiger partial charge in [0.25, 0.3) is 0 Å². The summed E-state index contributed by atoms with van der Waals surface area (Å²) in [5, 5.41) is 2.48. The van der Waals surface area contributed by atoms with Crippen molar-refractivity contribution in [2.45, 2.75) is 4.90 Å². The second kappa shape index (κ2) is 4.44. The van der Waals surface area contributed by atoms with Crippen LogP contribution in [0.3, 0.4) is 0 Å². The number of fused-ring (bicyclic) bond motifs is 1. The van der Waals surface area contributed by atoms with Gasteiger partial charge in [0.05, 0.1) is 18.1 Å². The van der Waals surface area contributed by atoms with E-state index >= 15 is 0 Å². The van der Waals surface area contributed by atoms with Gasteiger partial charge in [0.15, 0.2) is 0 Å². The third kappa shape index (κ3) is 2.11. The summed E-state index contributed by atoms with van der Waals surface area (Å²) in [6.07, 6.45) is 1.46. The van der Waals surface area contributed by atoms with Gasteiger partial charge in [-0.2, -0.15) is 0 Å². The van der Waals surface area contributed by atoms with E-state index in [4.69, 9.17) is 0 Å². The van der Waals surface area contributed by atoms with E-state index < -0.39 is 6.09 Å². The number of hydrogen-bond donors (Lipinski definition) is 2. The average molecular weight is 237 g/mol. The fourth-order valence-electron chi connectivity index (χ4n) is 1.32. The average Bonchev–Trinajstić information content (AvgIpc) is 2.69. The molecule has 0 atom stereocenters. The number of benzene rings is 1. The van der Waals surface area contributed by atoms with Gasteiger partial charge in [0.1, 0.15) is 0 Å². The Morgan fingerprint density at radius 1 is 1.56 bits per heavy atom. The van der Waals surface area contributed by atoms with E-state index in [-0.39, 0.29) is 0 Å². The highest BCUT2D eigenvalue weighted by molar-refractivity contribution is 7.98. The fraction of sp³-hybridized carbons (Fsp3) is 0.200. The SMILES string of the molecule is COC(=O)Nc1nc2cc(SC)ccc2[nH]1. The summed E-state index contributed by atoms with van der Waals surface area (Å²) >= 11 is 1.65. The van der Waals surface area contributed by atoms with Crippen LogP contribution in [0.25, 0.3) is 11.0 Å². The molecule has 6 heteroatoms. The number of amides is 1. The Morgan fingerprint density at radius 2 is 2.38 bits per heavy atom. The monoisotopic (exact) mass is 237 g/mol. The summed E-state index contributed by atoms with van der Waals surface area (Å²) in [7, 11) is 1.31. The van der Waals surface area contributed by atoms with Crippen LogP contribution in [0, 0.1) is 0 Å². The fourth-order valence-corrected chi connectivity index (χ4v) is 1.75. The Balaban J connectivity index is 2.32. The van der Waals surface area contributed by atoms with Crippen LogP contribution in [0.4, 0.5) is 10.7 Å². The number of nitrogens with zero attached hydrogens (tertiary/aromatic N) is 1. The smallest absolute Gasteiger partial charge is 0.413 e. The molecule has 2 rings (SSSR count). The van der Waals surface area contributed by atoms with Gasteiger partial charge < -0.3 is 9.72 Å². The number of ether oxygens (including phenoxy) is 1. The highest BCUT2D eigenvalue weighted by atomic mass is 32.2. The number of nitrogens with one attached hydrogen (secondary N) is 2. The number of H-pyrrole nitrogens is 1. The van der Waals surface area contributed by atoms with Gasteiger partial charge in [0, 0.05) is 4.90 Å². The number of carbonyl (C=O) groups excluding carboxylic acids is 1. The third-order valence-corrected chi connectivity index (χ3v) is 2.82. The topological polar surface area (TPSA) is 67.0 Å². The molecule has 16 heavy (non-hydrogen) atoms. The van der Waals surface area contributed by atoms with Crippen molar-refractivity contribution in [1.29, 1.82) is 0 Å². The van der Waals surface area contributed by atoms with Gasteiger partial charge in [-0.25, -0.2) is 9.78 Å². The van der Waals surface area contributed by atoms with Gasteiger partial charge in [-0.3, -0.25) is 5.32 Å². The summed E-state index contributed by atoms with van der Waals surface area (Å²) in [5.74, 6) is 0.389.